The van der Waals surface area contributed by atoms with Gasteiger partial charge in [0.2, 0.25) is 11.0 Å². The van der Waals surface area contributed by atoms with E-state index >= 15 is 0 Å². The summed E-state index contributed by atoms with van der Waals surface area (Å²) in [7, 11) is 0. The van der Waals surface area contributed by atoms with Gasteiger partial charge in [-0.1, -0.05) is 59.9 Å². The number of hydrogen-bond acceptors (Lipinski definition) is 5. The van der Waals surface area contributed by atoms with Crippen molar-refractivity contribution in [3.63, 3.8) is 0 Å². The molecule has 1 heterocycles. The summed E-state index contributed by atoms with van der Waals surface area (Å²) in [5.41, 5.74) is 1.41. The topological polar surface area (TPSA) is 84.0 Å². The molecule has 2 amide bonds. The maximum atomic E-state index is 12.5. The quantitative estimate of drug-likeness (QED) is 0.701. The van der Waals surface area contributed by atoms with E-state index in [1.165, 1.54) is 11.3 Å². The maximum absolute atomic E-state index is 12.5. The number of carbonyl (C=O) groups is 2. The van der Waals surface area contributed by atoms with E-state index in [1.807, 2.05) is 43.3 Å². The predicted octanol–water partition coefficient (Wildman–Crippen LogP) is 3.35. The fourth-order valence-electron chi connectivity index (χ4n) is 2.47. The molecule has 132 valence electrons. The lowest BCUT2D eigenvalue weighted by atomic mass is 10.0. The van der Waals surface area contributed by atoms with Gasteiger partial charge in [0.15, 0.2) is 0 Å². The Bertz CT molecular complexity index is 881. The van der Waals surface area contributed by atoms with Gasteiger partial charge in [-0.25, -0.2) is 0 Å². The molecule has 0 aliphatic heterocycles. The van der Waals surface area contributed by atoms with Crippen LogP contribution >= 0.6 is 11.3 Å². The summed E-state index contributed by atoms with van der Waals surface area (Å²) in [6.07, 6.45) is 0.0984. The molecule has 1 aromatic heterocycles. The Balaban J connectivity index is 1.73. The molecular formula is C19H18N4O2S. The first-order valence-corrected chi connectivity index (χ1v) is 8.94. The zero-order chi connectivity index (χ0) is 18.4. The lowest BCUT2D eigenvalue weighted by Gasteiger charge is -2.18. The molecule has 3 aromatic rings. The highest BCUT2D eigenvalue weighted by molar-refractivity contribution is 7.15. The molecule has 0 aliphatic carbocycles. The van der Waals surface area contributed by atoms with E-state index in [0.29, 0.717) is 10.7 Å². The molecule has 0 fully saturated rings. The van der Waals surface area contributed by atoms with Crippen LogP contribution in [0.4, 0.5) is 5.13 Å². The molecule has 3 rings (SSSR count). The van der Waals surface area contributed by atoms with E-state index in [9.17, 15) is 9.59 Å². The molecule has 1 atom stereocenters. The standard InChI is InChI=1S/C19H18N4O2S/c1-13-22-23-19(26-13)21-17(24)12-16(14-8-4-2-5-9-14)20-18(25)15-10-6-3-7-11-15/h2-11,16H,12H2,1H3,(H,20,25)(H,21,23,24)/t16-/m0/s1. The van der Waals surface area contributed by atoms with Crippen molar-refractivity contribution in [2.24, 2.45) is 0 Å². The van der Waals surface area contributed by atoms with Gasteiger partial charge in [0, 0.05) is 5.56 Å². The van der Waals surface area contributed by atoms with E-state index in [1.54, 1.807) is 24.3 Å². The Morgan fingerprint density at radius 3 is 2.27 bits per heavy atom. The molecule has 0 unspecified atom stereocenters. The zero-order valence-corrected chi connectivity index (χ0v) is 15.0. The third kappa shape index (κ3) is 4.73. The second-order valence-corrected chi connectivity index (χ2v) is 6.86. The molecule has 0 radical (unpaired) electrons. The third-order valence-corrected chi connectivity index (χ3v) is 4.46. The van der Waals surface area contributed by atoms with Crippen LogP contribution in [0.3, 0.4) is 0 Å². The van der Waals surface area contributed by atoms with Gasteiger partial charge in [0.25, 0.3) is 5.91 Å². The van der Waals surface area contributed by atoms with Gasteiger partial charge in [-0.15, -0.1) is 10.2 Å². The summed E-state index contributed by atoms with van der Waals surface area (Å²) >= 11 is 1.31. The molecule has 0 saturated carbocycles. The normalized spacial score (nSPS) is 11.6. The Morgan fingerprint density at radius 1 is 1.00 bits per heavy atom. The van der Waals surface area contributed by atoms with E-state index in [4.69, 9.17) is 0 Å². The van der Waals surface area contributed by atoms with Crippen molar-refractivity contribution in [1.29, 1.82) is 0 Å². The molecule has 0 bridgehead atoms. The van der Waals surface area contributed by atoms with Gasteiger partial charge >= 0.3 is 0 Å². The number of nitrogens with one attached hydrogen (secondary N) is 2. The number of aryl methyl sites for hydroxylation is 1. The first kappa shape index (κ1) is 17.8. The Hall–Kier alpha value is -3.06. The van der Waals surface area contributed by atoms with Crippen molar-refractivity contribution in [1.82, 2.24) is 15.5 Å². The van der Waals surface area contributed by atoms with Gasteiger partial charge < -0.3 is 10.6 Å². The second-order valence-electron chi connectivity index (χ2n) is 5.68. The monoisotopic (exact) mass is 366 g/mol. The number of rotatable bonds is 6. The van der Waals surface area contributed by atoms with Gasteiger partial charge in [-0.05, 0) is 24.6 Å². The number of carbonyl (C=O) groups excluding carboxylic acids is 2. The maximum Gasteiger partial charge on any atom is 0.251 e. The first-order chi connectivity index (χ1) is 12.6. The highest BCUT2D eigenvalue weighted by atomic mass is 32.1. The van der Waals surface area contributed by atoms with Crippen molar-refractivity contribution < 1.29 is 9.59 Å². The van der Waals surface area contributed by atoms with Crippen LogP contribution in [-0.2, 0) is 4.79 Å². The number of hydrogen-bond donors (Lipinski definition) is 2. The van der Waals surface area contributed by atoms with E-state index < -0.39 is 6.04 Å². The van der Waals surface area contributed by atoms with Crippen LogP contribution in [-0.4, -0.2) is 22.0 Å². The summed E-state index contributed by atoms with van der Waals surface area (Å²) < 4.78 is 0. The molecule has 26 heavy (non-hydrogen) atoms. The van der Waals surface area contributed by atoms with Crippen LogP contribution in [0.5, 0.6) is 0 Å². The number of aromatic nitrogens is 2. The minimum absolute atomic E-state index is 0.0984. The van der Waals surface area contributed by atoms with E-state index in [0.717, 1.165) is 10.6 Å². The molecule has 7 heteroatoms. The highest BCUT2D eigenvalue weighted by Gasteiger charge is 2.20. The summed E-state index contributed by atoms with van der Waals surface area (Å²) in [5, 5.41) is 14.7. The number of benzene rings is 2. The number of anilines is 1. The Labute approximate surface area is 155 Å². The molecule has 0 saturated heterocycles. The van der Waals surface area contributed by atoms with Crippen LogP contribution in [0.2, 0.25) is 0 Å². The number of nitrogens with zero attached hydrogens (tertiary/aromatic N) is 2. The van der Waals surface area contributed by atoms with E-state index in [2.05, 4.69) is 20.8 Å². The first-order valence-electron chi connectivity index (χ1n) is 8.12. The van der Waals surface area contributed by atoms with Crippen LogP contribution in [0.15, 0.2) is 60.7 Å². The highest BCUT2D eigenvalue weighted by Crippen LogP contribution is 2.20. The second kappa shape index (κ2) is 8.35. The van der Waals surface area contributed by atoms with Crippen LogP contribution in [0.1, 0.15) is 33.4 Å². The Kier molecular flexibility index (Phi) is 5.70. The fraction of sp³-hybridized carbons (Fsp3) is 0.158. The SMILES string of the molecule is Cc1nnc(NC(=O)C[C@H](NC(=O)c2ccccc2)c2ccccc2)s1. The summed E-state index contributed by atoms with van der Waals surface area (Å²) in [6.45, 7) is 1.82. The predicted molar refractivity (Wildman–Crippen MR) is 101 cm³/mol. The zero-order valence-electron chi connectivity index (χ0n) is 14.2. The summed E-state index contributed by atoms with van der Waals surface area (Å²) in [6, 6.07) is 17.9. The van der Waals surface area contributed by atoms with E-state index in [-0.39, 0.29) is 18.2 Å². The molecule has 2 aromatic carbocycles. The van der Waals surface area contributed by atoms with Crippen LogP contribution in [0, 0.1) is 6.92 Å². The van der Waals surface area contributed by atoms with Crippen molar-refractivity contribution in [2.75, 3.05) is 5.32 Å². The fourth-order valence-corrected chi connectivity index (χ4v) is 3.08. The molecule has 2 N–H and O–H groups in total. The largest absolute Gasteiger partial charge is 0.345 e. The average molecular weight is 366 g/mol. The lowest BCUT2D eigenvalue weighted by Crippen LogP contribution is -2.31. The van der Waals surface area contributed by atoms with Crippen LogP contribution in [0.25, 0.3) is 0 Å². The summed E-state index contributed by atoms with van der Waals surface area (Å²) in [4.78, 5) is 24.9. The lowest BCUT2D eigenvalue weighted by molar-refractivity contribution is -0.116. The minimum Gasteiger partial charge on any atom is -0.345 e. The molecule has 6 nitrogen and oxygen atoms in total. The third-order valence-electron chi connectivity index (χ3n) is 3.71. The minimum atomic E-state index is -0.446. The average Bonchev–Trinajstić information content (AvgIpc) is 3.07. The van der Waals surface area contributed by atoms with Gasteiger partial charge in [-0.3, -0.25) is 9.59 Å². The van der Waals surface area contributed by atoms with Crippen molar-refractivity contribution in [3.8, 4) is 0 Å². The Morgan fingerprint density at radius 2 is 1.65 bits per heavy atom. The summed E-state index contributed by atoms with van der Waals surface area (Å²) in [5.74, 6) is -0.456. The van der Waals surface area contributed by atoms with Crippen molar-refractivity contribution in [2.45, 2.75) is 19.4 Å². The molecule has 0 aliphatic rings. The molecular weight excluding hydrogens is 348 g/mol. The van der Waals surface area contributed by atoms with Gasteiger partial charge in [0.1, 0.15) is 5.01 Å². The molecule has 0 spiro atoms. The van der Waals surface area contributed by atoms with Gasteiger partial charge in [0.05, 0.1) is 12.5 Å². The van der Waals surface area contributed by atoms with Gasteiger partial charge in [-0.2, -0.15) is 0 Å². The van der Waals surface area contributed by atoms with Crippen LogP contribution < -0.4 is 10.6 Å². The van der Waals surface area contributed by atoms with Crippen molar-refractivity contribution in [3.05, 3.63) is 76.8 Å². The van der Waals surface area contributed by atoms with Crippen molar-refractivity contribution >= 4 is 28.3 Å². The number of amides is 2. The smallest absolute Gasteiger partial charge is 0.251 e.